The lowest BCUT2D eigenvalue weighted by Crippen LogP contribution is -2.17. The number of hydrogen-bond acceptors (Lipinski definition) is 7. The Kier molecular flexibility index (Phi) is 7.22. The van der Waals surface area contributed by atoms with Crippen LogP contribution >= 0.6 is 34.4 Å². The number of aromatic nitrogens is 2. The fourth-order valence-electron chi connectivity index (χ4n) is 2.96. The van der Waals surface area contributed by atoms with Gasteiger partial charge in [0.15, 0.2) is 5.13 Å². The lowest BCUT2D eigenvalue weighted by Gasteiger charge is -2.09. The van der Waals surface area contributed by atoms with Crippen LogP contribution in [-0.4, -0.2) is 21.8 Å². The molecule has 0 saturated carbocycles. The highest BCUT2D eigenvalue weighted by molar-refractivity contribution is 7.99. The van der Waals surface area contributed by atoms with E-state index in [9.17, 15) is 9.59 Å². The van der Waals surface area contributed by atoms with Crippen LogP contribution < -0.4 is 10.6 Å². The van der Waals surface area contributed by atoms with E-state index in [1.165, 1.54) is 41.1 Å². The van der Waals surface area contributed by atoms with Crippen molar-refractivity contribution in [2.24, 2.45) is 0 Å². The van der Waals surface area contributed by atoms with Crippen molar-refractivity contribution in [3.05, 3.63) is 75.6 Å². The highest BCUT2D eigenvalue weighted by Gasteiger charge is 2.16. The van der Waals surface area contributed by atoms with E-state index in [2.05, 4.69) is 46.6 Å². The van der Waals surface area contributed by atoms with E-state index in [1.807, 2.05) is 23.6 Å². The third-order valence-electron chi connectivity index (χ3n) is 4.86. The molecule has 0 aliphatic heterocycles. The number of carbonyl (C=O) groups excluding carboxylic acids is 2. The van der Waals surface area contributed by atoms with Gasteiger partial charge in [0.1, 0.15) is 5.03 Å². The van der Waals surface area contributed by atoms with E-state index < -0.39 is 0 Å². The minimum Gasteiger partial charge on any atom is -0.351 e. The van der Waals surface area contributed by atoms with Crippen LogP contribution in [0.5, 0.6) is 0 Å². The first-order valence-electron chi connectivity index (χ1n) is 10.2. The zero-order valence-electron chi connectivity index (χ0n) is 18.3. The number of thiophene rings is 1. The zero-order chi connectivity index (χ0) is 23.4. The average Bonchev–Trinajstić information content (AvgIpc) is 3.45. The monoisotopic (exact) mass is 494 g/mol. The largest absolute Gasteiger partial charge is 0.351 e. The first-order chi connectivity index (χ1) is 15.9. The van der Waals surface area contributed by atoms with E-state index >= 15 is 0 Å². The number of hydrogen-bond donors (Lipinski definition) is 2. The number of aryl methyl sites for hydroxylation is 2. The second kappa shape index (κ2) is 10.3. The van der Waals surface area contributed by atoms with Gasteiger partial charge >= 0.3 is 0 Å². The van der Waals surface area contributed by atoms with Gasteiger partial charge in [-0.2, -0.15) is 0 Å². The quantitative estimate of drug-likeness (QED) is 0.333. The van der Waals surface area contributed by atoms with Crippen molar-refractivity contribution in [3.8, 4) is 10.6 Å². The lowest BCUT2D eigenvalue weighted by molar-refractivity contribution is -0.119. The minimum atomic E-state index is -0.243. The Hall–Kier alpha value is -3.01. The molecule has 0 saturated heterocycles. The minimum absolute atomic E-state index is 0.0611. The predicted molar refractivity (Wildman–Crippen MR) is 135 cm³/mol. The normalized spacial score (nSPS) is 10.8. The summed E-state index contributed by atoms with van der Waals surface area (Å²) < 4.78 is 0. The second-order valence-corrected chi connectivity index (χ2v) is 10.5. The molecule has 0 atom stereocenters. The van der Waals surface area contributed by atoms with E-state index in [0.29, 0.717) is 22.3 Å². The fraction of sp³-hybridized carbons (Fsp3) is 0.167. The van der Waals surface area contributed by atoms with Gasteiger partial charge in [-0.25, -0.2) is 9.97 Å². The van der Waals surface area contributed by atoms with Crippen LogP contribution in [0.3, 0.4) is 0 Å². The number of nitrogens with one attached hydrogen (secondary N) is 2. The Morgan fingerprint density at radius 1 is 1.09 bits per heavy atom. The Bertz CT molecular complexity index is 1310. The van der Waals surface area contributed by atoms with Crippen LogP contribution in [-0.2, 0) is 11.3 Å². The molecule has 3 aromatic heterocycles. The van der Waals surface area contributed by atoms with Crippen molar-refractivity contribution in [1.82, 2.24) is 15.3 Å². The van der Waals surface area contributed by atoms with Gasteiger partial charge in [0.25, 0.3) is 5.91 Å². The first kappa shape index (κ1) is 23.2. The SMILES string of the molecule is CC(=O)NCc1ccc(-c2csc(NC(=O)c3cccnc3Sc3ccc(C)c(C)c3)n2)s1. The van der Waals surface area contributed by atoms with Gasteiger partial charge in [0.05, 0.1) is 22.7 Å². The number of pyridine rings is 1. The Morgan fingerprint density at radius 3 is 2.73 bits per heavy atom. The maximum Gasteiger partial charge on any atom is 0.260 e. The summed E-state index contributed by atoms with van der Waals surface area (Å²) in [5, 5.41) is 8.79. The molecule has 0 aliphatic carbocycles. The van der Waals surface area contributed by atoms with E-state index in [-0.39, 0.29) is 11.8 Å². The third kappa shape index (κ3) is 5.87. The van der Waals surface area contributed by atoms with Gasteiger partial charge in [-0.1, -0.05) is 17.8 Å². The third-order valence-corrected chi connectivity index (χ3v) is 7.73. The molecule has 0 bridgehead atoms. The summed E-state index contributed by atoms with van der Waals surface area (Å²) in [7, 11) is 0. The topological polar surface area (TPSA) is 84.0 Å². The van der Waals surface area contributed by atoms with Crippen molar-refractivity contribution in [2.45, 2.75) is 37.2 Å². The number of rotatable bonds is 7. The fourth-order valence-corrected chi connectivity index (χ4v) is 5.63. The standard InChI is InChI=1S/C24H22N4O2S3/c1-14-6-7-17(11-15(14)2)33-23-19(5-4-10-25-23)22(30)28-24-27-20(13-31-24)21-9-8-18(32-21)12-26-16(3)29/h4-11,13H,12H2,1-3H3,(H,26,29)(H,27,28,30). The smallest absolute Gasteiger partial charge is 0.260 e. The molecule has 9 heteroatoms. The number of amides is 2. The van der Waals surface area contributed by atoms with Gasteiger partial charge in [0.2, 0.25) is 5.91 Å². The molecule has 1 aromatic carbocycles. The maximum atomic E-state index is 13.0. The Morgan fingerprint density at radius 2 is 1.94 bits per heavy atom. The Balaban J connectivity index is 1.47. The van der Waals surface area contributed by atoms with Crippen molar-refractivity contribution >= 4 is 51.4 Å². The van der Waals surface area contributed by atoms with Crippen LogP contribution in [0.4, 0.5) is 5.13 Å². The van der Waals surface area contributed by atoms with Crippen LogP contribution in [0.25, 0.3) is 10.6 Å². The molecule has 33 heavy (non-hydrogen) atoms. The molecule has 168 valence electrons. The van der Waals surface area contributed by atoms with Crippen molar-refractivity contribution < 1.29 is 9.59 Å². The lowest BCUT2D eigenvalue weighted by atomic mass is 10.1. The molecule has 0 radical (unpaired) electrons. The summed E-state index contributed by atoms with van der Waals surface area (Å²) in [4.78, 5) is 36.2. The van der Waals surface area contributed by atoms with Crippen LogP contribution in [0.1, 0.15) is 33.3 Å². The van der Waals surface area contributed by atoms with Gasteiger partial charge in [0, 0.05) is 28.3 Å². The highest BCUT2D eigenvalue weighted by atomic mass is 32.2. The molecule has 0 spiro atoms. The van der Waals surface area contributed by atoms with Gasteiger partial charge in [-0.05, 0) is 61.4 Å². The summed E-state index contributed by atoms with van der Waals surface area (Å²) in [6, 6.07) is 13.7. The molecule has 6 nitrogen and oxygen atoms in total. The molecule has 4 rings (SSSR count). The molecule has 2 N–H and O–H groups in total. The summed E-state index contributed by atoms with van der Waals surface area (Å²) in [6.45, 7) is 6.14. The van der Waals surface area contributed by atoms with Crippen LogP contribution in [0, 0.1) is 13.8 Å². The number of benzene rings is 1. The molecular formula is C24H22N4O2S3. The van der Waals surface area contributed by atoms with Gasteiger partial charge < -0.3 is 5.32 Å². The summed E-state index contributed by atoms with van der Waals surface area (Å²) in [6.07, 6.45) is 1.69. The molecule has 0 unspecified atom stereocenters. The van der Waals surface area contributed by atoms with E-state index in [4.69, 9.17) is 0 Å². The average molecular weight is 495 g/mol. The number of nitrogens with zero attached hydrogens (tertiary/aromatic N) is 2. The molecule has 3 heterocycles. The first-order valence-corrected chi connectivity index (χ1v) is 12.7. The summed E-state index contributed by atoms with van der Waals surface area (Å²) >= 11 is 4.41. The van der Waals surface area contributed by atoms with Crippen molar-refractivity contribution in [2.75, 3.05) is 5.32 Å². The predicted octanol–water partition coefficient (Wildman–Crippen LogP) is 5.92. The number of anilines is 1. The Labute approximate surface area is 204 Å². The molecule has 0 fully saturated rings. The molecule has 0 aliphatic rings. The van der Waals surface area contributed by atoms with E-state index in [0.717, 1.165) is 20.3 Å². The van der Waals surface area contributed by atoms with Gasteiger partial charge in [-0.3, -0.25) is 14.9 Å². The maximum absolute atomic E-state index is 13.0. The van der Waals surface area contributed by atoms with Crippen LogP contribution in [0.15, 0.2) is 64.0 Å². The van der Waals surface area contributed by atoms with Crippen LogP contribution in [0.2, 0.25) is 0 Å². The number of carbonyl (C=O) groups is 2. The number of thiazole rings is 1. The van der Waals surface area contributed by atoms with Crippen molar-refractivity contribution in [1.29, 1.82) is 0 Å². The second-order valence-electron chi connectivity index (χ2n) is 7.37. The molecule has 2 amide bonds. The van der Waals surface area contributed by atoms with E-state index in [1.54, 1.807) is 29.7 Å². The highest BCUT2D eigenvalue weighted by Crippen LogP contribution is 2.33. The molecular weight excluding hydrogens is 472 g/mol. The zero-order valence-corrected chi connectivity index (χ0v) is 20.8. The molecule has 4 aromatic rings. The van der Waals surface area contributed by atoms with Crippen molar-refractivity contribution in [3.63, 3.8) is 0 Å². The summed E-state index contributed by atoms with van der Waals surface area (Å²) in [5.41, 5.74) is 3.73. The van der Waals surface area contributed by atoms with Gasteiger partial charge in [-0.15, -0.1) is 22.7 Å². The summed E-state index contributed by atoms with van der Waals surface area (Å²) in [5.74, 6) is -0.304.